The Labute approximate surface area is 166 Å². The van der Waals surface area contributed by atoms with Crippen molar-refractivity contribution in [2.24, 2.45) is 5.41 Å². The molecule has 152 valence electrons. The number of carbonyl (C=O) groups excluding carboxylic acids is 2. The highest BCUT2D eigenvalue weighted by Gasteiger charge is 2.61. The van der Waals surface area contributed by atoms with Crippen LogP contribution in [0.2, 0.25) is 0 Å². The monoisotopic (exact) mass is 387 g/mol. The first-order chi connectivity index (χ1) is 13.6. The zero-order valence-electron chi connectivity index (χ0n) is 16.4. The molecule has 1 heterocycles. The average molecular weight is 387 g/mol. The molecule has 2 fully saturated rings. The van der Waals surface area contributed by atoms with Crippen LogP contribution in [0.25, 0.3) is 0 Å². The molecule has 3 rings (SSSR count). The van der Waals surface area contributed by atoms with Crippen LogP contribution in [-0.4, -0.2) is 43.8 Å². The molecule has 1 aliphatic heterocycles. The molecule has 1 aromatic rings. The van der Waals surface area contributed by atoms with Crippen molar-refractivity contribution in [3.05, 3.63) is 48.0 Å². The average Bonchev–Trinajstić information content (AvgIpc) is 3.25. The van der Waals surface area contributed by atoms with Gasteiger partial charge in [0.1, 0.15) is 12.6 Å². The first kappa shape index (κ1) is 20.6. The molecule has 1 saturated heterocycles. The van der Waals surface area contributed by atoms with Crippen molar-refractivity contribution in [2.45, 2.75) is 51.3 Å². The zero-order valence-corrected chi connectivity index (χ0v) is 16.4. The van der Waals surface area contributed by atoms with Gasteiger partial charge in [0, 0.05) is 17.9 Å². The number of carbonyl (C=O) groups is 2. The molecule has 0 amide bonds. The van der Waals surface area contributed by atoms with Crippen LogP contribution in [0.5, 0.6) is 0 Å². The van der Waals surface area contributed by atoms with Crippen LogP contribution in [0, 0.1) is 5.41 Å². The number of allylic oxidation sites excluding steroid dienone is 1. The second-order valence-electron chi connectivity index (χ2n) is 7.47. The van der Waals surface area contributed by atoms with Crippen LogP contribution in [0.3, 0.4) is 0 Å². The van der Waals surface area contributed by atoms with Gasteiger partial charge in [0.2, 0.25) is 0 Å². The largest absolute Gasteiger partial charge is 0.466 e. The summed E-state index contributed by atoms with van der Waals surface area (Å²) in [7, 11) is 0. The van der Waals surface area contributed by atoms with Gasteiger partial charge in [0.05, 0.1) is 19.8 Å². The summed E-state index contributed by atoms with van der Waals surface area (Å²) in [4.78, 5) is 23.5. The van der Waals surface area contributed by atoms with Crippen molar-refractivity contribution >= 4 is 11.9 Å². The molecule has 0 aromatic heterocycles. The molecule has 1 aliphatic carbocycles. The van der Waals surface area contributed by atoms with Gasteiger partial charge in [-0.1, -0.05) is 42.5 Å². The molecular formula is C22H29NO5. The Morgan fingerprint density at radius 1 is 1.18 bits per heavy atom. The zero-order chi connectivity index (χ0) is 19.8. The highest BCUT2D eigenvalue weighted by Crippen LogP contribution is 2.54. The summed E-state index contributed by atoms with van der Waals surface area (Å²) in [5.74, 6) is -0.357. The van der Waals surface area contributed by atoms with E-state index in [1.54, 1.807) is 6.92 Å². The fourth-order valence-electron chi connectivity index (χ4n) is 3.67. The van der Waals surface area contributed by atoms with E-state index < -0.39 is 0 Å². The molecule has 6 nitrogen and oxygen atoms in total. The smallest absolute Gasteiger partial charge is 0.323 e. The van der Waals surface area contributed by atoms with E-state index in [0.717, 1.165) is 18.4 Å². The molecule has 0 radical (unpaired) electrons. The Morgan fingerprint density at radius 2 is 2.00 bits per heavy atom. The first-order valence-electron chi connectivity index (χ1n) is 9.98. The number of fused-ring (bicyclic) bond motifs is 1. The van der Waals surface area contributed by atoms with Gasteiger partial charge in [-0.2, -0.15) is 0 Å². The molecule has 1 N–H and O–H groups in total. The summed E-state index contributed by atoms with van der Waals surface area (Å²) in [5, 5.41) is 3.37. The Balaban J connectivity index is 1.30. The summed E-state index contributed by atoms with van der Waals surface area (Å²) < 4.78 is 16.1. The topological polar surface area (TPSA) is 73.9 Å². The standard InChI is InChI=1S/C22H29NO5/c1-2-27-20(24)11-7-4-8-12-26-16-22-13-18(23-19(22)14-22)21(25)28-15-17-9-5-3-6-10-17/h3-6,8-10,18-19,23H,2,7,11-16H2,1H3/b8-4+/t18-,19-,22+/m0/s1. The van der Waals surface area contributed by atoms with Crippen molar-refractivity contribution in [3.8, 4) is 0 Å². The maximum atomic E-state index is 12.3. The minimum atomic E-state index is -0.244. The van der Waals surface area contributed by atoms with Crippen molar-refractivity contribution in [1.29, 1.82) is 0 Å². The van der Waals surface area contributed by atoms with Crippen molar-refractivity contribution in [1.82, 2.24) is 5.32 Å². The third kappa shape index (κ3) is 5.66. The van der Waals surface area contributed by atoms with Crippen LogP contribution in [0.4, 0.5) is 0 Å². The normalized spacial score (nSPS) is 25.5. The van der Waals surface area contributed by atoms with E-state index in [-0.39, 0.29) is 23.4 Å². The lowest BCUT2D eigenvalue weighted by atomic mass is 10.0. The minimum Gasteiger partial charge on any atom is -0.466 e. The number of hydrogen-bond donors (Lipinski definition) is 1. The Hall–Kier alpha value is -2.18. The Bertz CT molecular complexity index is 689. The van der Waals surface area contributed by atoms with Gasteiger partial charge in [0.25, 0.3) is 0 Å². The number of benzene rings is 1. The van der Waals surface area contributed by atoms with Gasteiger partial charge in [-0.15, -0.1) is 0 Å². The quantitative estimate of drug-likeness (QED) is 0.358. The third-order valence-corrected chi connectivity index (χ3v) is 5.30. The third-order valence-electron chi connectivity index (χ3n) is 5.30. The molecule has 2 aliphatic rings. The molecule has 1 aromatic carbocycles. The van der Waals surface area contributed by atoms with Crippen molar-refractivity contribution in [2.75, 3.05) is 19.8 Å². The van der Waals surface area contributed by atoms with Gasteiger partial charge >= 0.3 is 11.9 Å². The van der Waals surface area contributed by atoms with E-state index >= 15 is 0 Å². The number of nitrogens with one attached hydrogen (secondary N) is 1. The Morgan fingerprint density at radius 3 is 2.79 bits per heavy atom. The molecule has 1 saturated carbocycles. The Kier molecular flexibility index (Phi) is 7.23. The lowest BCUT2D eigenvalue weighted by Gasteiger charge is -2.15. The first-order valence-corrected chi connectivity index (χ1v) is 9.98. The van der Waals surface area contributed by atoms with Crippen molar-refractivity contribution in [3.63, 3.8) is 0 Å². The number of hydrogen-bond acceptors (Lipinski definition) is 6. The summed E-state index contributed by atoms with van der Waals surface area (Å²) in [6, 6.07) is 9.80. The van der Waals surface area contributed by atoms with Crippen molar-refractivity contribution < 1.29 is 23.8 Å². The van der Waals surface area contributed by atoms with Gasteiger partial charge in [0.15, 0.2) is 0 Å². The lowest BCUT2D eigenvalue weighted by Crippen LogP contribution is -2.35. The SMILES string of the molecule is CCOC(=O)CC/C=C/COC[C@]12C[C@@H](C(=O)OCc3ccccc3)N[C@H]1C2. The highest BCUT2D eigenvalue weighted by atomic mass is 16.5. The fourth-order valence-corrected chi connectivity index (χ4v) is 3.67. The summed E-state index contributed by atoms with van der Waals surface area (Å²) in [6.45, 7) is 3.68. The van der Waals surface area contributed by atoms with E-state index in [4.69, 9.17) is 14.2 Å². The van der Waals surface area contributed by atoms with E-state index in [1.807, 2.05) is 42.5 Å². The fraction of sp³-hybridized carbons (Fsp3) is 0.545. The molecular weight excluding hydrogens is 358 g/mol. The minimum absolute atomic E-state index is 0.0647. The number of ether oxygens (including phenoxy) is 3. The van der Waals surface area contributed by atoms with Crippen LogP contribution in [0.1, 0.15) is 38.2 Å². The van der Waals surface area contributed by atoms with E-state index in [2.05, 4.69) is 5.32 Å². The van der Waals surface area contributed by atoms with Crippen LogP contribution in [-0.2, 0) is 30.4 Å². The van der Waals surface area contributed by atoms with E-state index in [1.165, 1.54) is 0 Å². The second-order valence-corrected chi connectivity index (χ2v) is 7.47. The lowest BCUT2D eigenvalue weighted by molar-refractivity contribution is -0.147. The maximum absolute atomic E-state index is 12.3. The molecule has 3 atom stereocenters. The van der Waals surface area contributed by atoms with E-state index in [0.29, 0.717) is 45.3 Å². The van der Waals surface area contributed by atoms with Gasteiger partial charge in [-0.3, -0.25) is 9.59 Å². The number of rotatable bonds is 11. The highest BCUT2D eigenvalue weighted by molar-refractivity contribution is 5.77. The second kappa shape index (κ2) is 9.85. The van der Waals surface area contributed by atoms with Gasteiger partial charge < -0.3 is 19.5 Å². The molecule has 0 spiro atoms. The molecule has 0 unspecified atom stereocenters. The van der Waals surface area contributed by atoms with Crippen LogP contribution in [0.15, 0.2) is 42.5 Å². The summed E-state index contributed by atoms with van der Waals surface area (Å²) in [5.41, 5.74) is 1.06. The molecule has 28 heavy (non-hydrogen) atoms. The summed E-state index contributed by atoms with van der Waals surface area (Å²) >= 11 is 0. The molecule has 0 bridgehead atoms. The van der Waals surface area contributed by atoms with E-state index in [9.17, 15) is 9.59 Å². The maximum Gasteiger partial charge on any atom is 0.323 e. The number of piperidine rings is 1. The molecule has 6 heteroatoms. The van der Waals surface area contributed by atoms with Crippen LogP contribution < -0.4 is 5.32 Å². The van der Waals surface area contributed by atoms with Gasteiger partial charge in [-0.05, 0) is 31.7 Å². The summed E-state index contributed by atoms with van der Waals surface area (Å²) in [6.07, 6.45) is 6.73. The predicted octanol–water partition coefficient (Wildman–Crippen LogP) is 2.77. The predicted molar refractivity (Wildman–Crippen MR) is 104 cm³/mol. The van der Waals surface area contributed by atoms with Crippen LogP contribution >= 0.6 is 0 Å². The number of esters is 2. The van der Waals surface area contributed by atoms with Gasteiger partial charge in [-0.25, -0.2) is 0 Å².